The van der Waals surface area contributed by atoms with Crippen molar-refractivity contribution in [2.24, 2.45) is 0 Å². The third-order valence-corrected chi connectivity index (χ3v) is 4.90. The minimum absolute atomic E-state index is 0.266. The maximum Gasteiger partial charge on any atom is 0.124 e. The Balaban J connectivity index is 1.86. The fourth-order valence-electron chi connectivity index (χ4n) is 3.17. The SMILES string of the molecule is COC1CCCC(Oc2ccc3ccccc3c2CBr)C1. The van der Waals surface area contributed by atoms with Crippen LogP contribution in [0.2, 0.25) is 0 Å². The molecule has 2 nitrogen and oxygen atoms in total. The number of benzene rings is 2. The summed E-state index contributed by atoms with van der Waals surface area (Å²) in [7, 11) is 1.80. The average Bonchev–Trinajstić information content (AvgIpc) is 2.55. The maximum atomic E-state index is 6.31. The fraction of sp³-hybridized carbons (Fsp3) is 0.444. The van der Waals surface area contributed by atoms with Crippen LogP contribution in [-0.2, 0) is 10.1 Å². The molecule has 2 unspecified atom stereocenters. The summed E-state index contributed by atoms with van der Waals surface area (Å²) >= 11 is 3.62. The first-order chi connectivity index (χ1) is 10.3. The zero-order valence-electron chi connectivity index (χ0n) is 12.3. The van der Waals surface area contributed by atoms with Gasteiger partial charge in [0.25, 0.3) is 0 Å². The lowest BCUT2D eigenvalue weighted by Gasteiger charge is -2.29. The van der Waals surface area contributed by atoms with Crippen LogP contribution in [0.4, 0.5) is 0 Å². The molecule has 0 saturated heterocycles. The minimum Gasteiger partial charge on any atom is -0.490 e. The van der Waals surface area contributed by atoms with Crippen molar-refractivity contribution in [2.45, 2.75) is 43.2 Å². The first-order valence-corrected chi connectivity index (χ1v) is 8.70. The maximum absolute atomic E-state index is 6.31. The monoisotopic (exact) mass is 348 g/mol. The standard InChI is InChI=1S/C18H21BrO2/c1-20-14-6-4-7-15(11-14)21-18-10-9-13-5-2-3-8-16(13)17(18)12-19/h2-3,5,8-10,14-15H,4,6-7,11-12H2,1H3. The molecule has 0 radical (unpaired) electrons. The average molecular weight is 349 g/mol. The third-order valence-electron chi connectivity index (χ3n) is 4.34. The van der Waals surface area contributed by atoms with Gasteiger partial charge in [-0.25, -0.2) is 0 Å². The molecular weight excluding hydrogens is 328 g/mol. The predicted octanol–water partition coefficient (Wildman–Crippen LogP) is 5.07. The van der Waals surface area contributed by atoms with E-state index in [1.54, 1.807) is 7.11 Å². The molecule has 1 aliphatic carbocycles. The molecule has 1 fully saturated rings. The molecule has 112 valence electrons. The first-order valence-electron chi connectivity index (χ1n) is 7.58. The van der Waals surface area contributed by atoms with Crippen LogP contribution in [0.5, 0.6) is 5.75 Å². The number of alkyl halides is 1. The number of ether oxygens (including phenoxy) is 2. The van der Waals surface area contributed by atoms with Gasteiger partial charge in [0.15, 0.2) is 0 Å². The lowest BCUT2D eigenvalue weighted by atomic mass is 9.94. The largest absolute Gasteiger partial charge is 0.490 e. The van der Waals surface area contributed by atoms with E-state index < -0.39 is 0 Å². The molecule has 1 saturated carbocycles. The zero-order valence-corrected chi connectivity index (χ0v) is 13.9. The molecule has 3 heteroatoms. The van der Waals surface area contributed by atoms with Crippen molar-refractivity contribution < 1.29 is 9.47 Å². The minimum atomic E-state index is 0.266. The normalized spacial score (nSPS) is 22.4. The number of halogens is 1. The van der Waals surface area contributed by atoms with E-state index in [0.29, 0.717) is 6.10 Å². The van der Waals surface area contributed by atoms with E-state index in [1.165, 1.54) is 22.8 Å². The molecule has 0 heterocycles. The first kappa shape index (κ1) is 14.9. The summed E-state index contributed by atoms with van der Waals surface area (Å²) in [5, 5.41) is 3.34. The summed E-state index contributed by atoms with van der Waals surface area (Å²) < 4.78 is 11.8. The fourth-order valence-corrected chi connectivity index (χ4v) is 3.75. The van der Waals surface area contributed by atoms with Crippen LogP contribution < -0.4 is 4.74 Å². The highest BCUT2D eigenvalue weighted by Gasteiger charge is 2.24. The number of fused-ring (bicyclic) bond motifs is 1. The van der Waals surface area contributed by atoms with E-state index in [0.717, 1.165) is 30.3 Å². The summed E-state index contributed by atoms with van der Waals surface area (Å²) in [5.74, 6) is 1.01. The van der Waals surface area contributed by atoms with Gasteiger partial charge in [-0.1, -0.05) is 46.3 Å². The molecule has 3 rings (SSSR count). The number of hydrogen-bond donors (Lipinski definition) is 0. The van der Waals surface area contributed by atoms with E-state index in [1.807, 2.05) is 0 Å². The van der Waals surface area contributed by atoms with Crippen LogP contribution in [0.1, 0.15) is 31.2 Å². The van der Waals surface area contributed by atoms with Gasteiger partial charge < -0.3 is 9.47 Å². The van der Waals surface area contributed by atoms with E-state index in [-0.39, 0.29) is 6.10 Å². The molecule has 0 bridgehead atoms. The highest BCUT2D eigenvalue weighted by molar-refractivity contribution is 9.08. The molecule has 0 amide bonds. The second-order valence-corrected chi connectivity index (χ2v) is 6.22. The Hall–Kier alpha value is -1.06. The van der Waals surface area contributed by atoms with Gasteiger partial charge in [0.1, 0.15) is 11.9 Å². The number of rotatable bonds is 4. The van der Waals surface area contributed by atoms with E-state index >= 15 is 0 Å². The highest BCUT2D eigenvalue weighted by atomic mass is 79.9. The predicted molar refractivity (Wildman–Crippen MR) is 90.3 cm³/mol. The number of hydrogen-bond acceptors (Lipinski definition) is 2. The lowest BCUT2D eigenvalue weighted by Crippen LogP contribution is -2.29. The molecule has 0 N–H and O–H groups in total. The van der Waals surface area contributed by atoms with Crippen LogP contribution in [0, 0.1) is 0 Å². The summed E-state index contributed by atoms with van der Waals surface area (Å²) in [4.78, 5) is 0. The van der Waals surface area contributed by atoms with Gasteiger partial charge in [-0.15, -0.1) is 0 Å². The topological polar surface area (TPSA) is 18.5 Å². The van der Waals surface area contributed by atoms with Gasteiger partial charge in [0.2, 0.25) is 0 Å². The third kappa shape index (κ3) is 3.24. The molecule has 0 aliphatic heterocycles. The highest BCUT2D eigenvalue weighted by Crippen LogP contribution is 2.33. The molecule has 1 aliphatic rings. The van der Waals surface area contributed by atoms with Crippen LogP contribution in [0.3, 0.4) is 0 Å². The Morgan fingerprint density at radius 1 is 1.10 bits per heavy atom. The Morgan fingerprint density at radius 3 is 2.71 bits per heavy atom. The summed E-state index contributed by atoms with van der Waals surface area (Å²) in [6.45, 7) is 0. The van der Waals surface area contributed by atoms with E-state index in [9.17, 15) is 0 Å². The van der Waals surface area contributed by atoms with Crippen molar-refractivity contribution in [2.75, 3.05) is 7.11 Å². The van der Waals surface area contributed by atoms with E-state index in [4.69, 9.17) is 9.47 Å². The van der Waals surface area contributed by atoms with Crippen molar-refractivity contribution in [1.29, 1.82) is 0 Å². The Morgan fingerprint density at radius 2 is 1.90 bits per heavy atom. The van der Waals surface area contributed by atoms with Gasteiger partial charge in [-0.3, -0.25) is 0 Å². The van der Waals surface area contributed by atoms with Crippen LogP contribution in [0.15, 0.2) is 36.4 Å². The Labute approximate surface area is 134 Å². The smallest absolute Gasteiger partial charge is 0.124 e. The Bertz CT molecular complexity index is 611. The second-order valence-electron chi connectivity index (χ2n) is 5.66. The molecule has 2 atom stereocenters. The van der Waals surface area contributed by atoms with Crippen LogP contribution in [0.25, 0.3) is 10.8 Å². The van der Waals surface area contributed by atoms with Crippen molar-refractivity contribution in [3.05, 3.63) is 42.0 Å². The zero-order chi connectivity index (χ0) is 14.7. The van der Waals surface area contributed by atoms with Crippen molar-refractivity contribution in [3.8, 4) is 5.75 Å². The molecular formula is C18H21BrO2. The van der Waals surface area contributed by atoms with Crippen LogP contribution >= 0.6 is 15.9 Å². The van der Waals surface area contributed by atoms with Crippen molar-refractivity contribution in [3.63, 3.8) is 0 Å². The van der Waals surface area contributed by atoms with E-state index in [2.05, 4.69) is 52.3 Å². The van der Waals surface area contributed by atoms with Gasteiger partial charge in [0.05, 0.1) is 6.10 Å². The summed E-state index contributed by atoms with van der Waals surface area (Å²) in [6, 6.07) is 12.7. The van der Waals surface area contributed by atoms with Crippen LogP contribution in [-0.4, -0.2) is 19.3 Å². The van der Waals surface area contributed by atoms with Gasteiger partial charge in [-0.05, 0) is 36.1 Å². The molecule has 21 heavy (non-hydrogen) atoms. The van der Waals surface area contributed by atoms with Crippen molar-refractivity contribution in [1.82, 2.24) is 0 Å². The molecule has 0 aromatic heterocycles. The molecule has 2 aromatic carbocycles. The number of methoxy groups -OCH3 is 1. The lowest BCUT2D eigenvalue weighted by molar-refractivity contribution is 0.0208. The van der Waals surface area contributed by atoms with Gasteiger partial charge in [-0.2, -0.15) is 0 Å². The summed E-state index contributed by atoms with van der Waals surface area (Å²) in [6.07, 6.45) is 5.05. The molecule has 2 aromatic rings. The molecule has 0 spiro atoms. The van der Waals surface area contributed by atoms with Crippen molar-refractivity contribution >= 4 is 26.7 Å². The van der Waals surface area contributed by atoms with Gasteiger partial charge in [0, 0.05) is 24.4 Å². The summed E-state index contributed by atoms with van der Waals surface area (Å²) in [5.41, 5.74) is 1.24. The Kier molecular flexibility index (Phi) is 4.81. The van der Waals surface area contributed by atoms with Gasteiger partial charge >= 0.3 is 0 Å². The second kappa shape index (κ2) is 6.80. The quantitative estimate of drug-likeness (QED) is 0.718.